The van der Waals surface area contributed by atoms with Gasteiger partial charge in [-0.1, -0.05) is 6.42 Å². The van der Waals surface area contributed by atoms with Crippen molar-refractivity contribution in [2.24, 2.45) is 23.2 Å². The summed E-state index contributed by atoms with van der Waals surface area (Å²) in [7, 11) is 1.70. The third-order valence-corrected chi connectivity index (χ3v) is 6.15. The predicted molar refractivity (Wildman–Crippen MR) is 90.2 cm³/mol. The van der Waals surface area contributed by atoms with E-state index in [1.807, 2.05) is 0 Å². The van der Waals surface area contributed by atoms with Crippen LogP contribution in [0, 0.1) is 23.2 Å². The van der Waals surface area contributed by atoms with Gasteiger partial charge in [-0.25, -0.2) is 0 Å². The summed E-state index contributed by atoms with van der Waals surface area (Å²) < 4.78 is 5.34. The minimum atomic E-state index is -0.297. The molecule has 3 aliphatic rings. The molecule has 2 saturated carbocycles. The van der Waals surface area contributed by atoms with Gasteiger partial charge >= 0.3 is 0 Å². The van der Waals surface area contributed by atoms with Crippen LogP contribution < -0.4 is 10.6 Å². The smallest absolute Gasteiger partial charge is 0.228 e. The van der Waals surface area contributed by atoms with Crippen LogP contribution in [0.25, 0.3) is 0 Å². The molecule has 4 nitrogen and oxygen atoms in total. The molecule has 5 heteroatoms. The second-order valence-electron chi connectivity index (χ2n) is 7.44. The molecule has 0 radical (unpaired) electrons. The fraction of sp³-hybridized carbons (Fsp3) is 0.941. The van der Waals surface area contributed by atoms with E-state index in [2.05, 4.69) is 10.6 Å². The third kappa shape index (κ3) is 3.77. The molecule has 128 valence electrons. The largest absolute Gasteiger partial charge is 0.384 e. The maximum absolute atomic E-state index is 12.6. The van der Waals surface area contributed by atoms with Gasteiger partial charge in [0.1, 0.15) is 0 Å². The molecule has 1 saturated heterocycles. The summed E-state index contributed by atoms with van der Waals surface area (Å²) in [6.07, 6.45) is 8.71. The van der Waals surface area contributed by atoms with Gasteiger partial charge in [0.25, 0.3) is 0 Å². The first-order valence-corrected chi connectivity index (χ1v) is 8.71. The van der Waals surface area contributed by atoms with E-state index in [1.165, 1.54) is 32.1 Å². The number of methoxy groups -OCH3 is 1. The van der Waals surface area contributed by atoms with Crippen molar-refractivity contribution in [1.29, 1.82) is 0 Å². The Morgan fingerprint density at radius 2 is 2.05 bits per heavy atom. The van der Waals surface area contributed by atoms with Gasteiger partial charge in [-0.3, -0.25) is 4.79 Å². The molecule has 3 unspecified atom stereocenters. The molecular weight excluding hydrogens is 300 g/mol. The molecule has 3 atom stereocenters. The summed E-state index contributed by atoms with van der Waals surface area (Å²) in [6.45, 7) is 3.24. The van der Waals surface area contributed by atoms with Crippen LogP contribution >= 0.6 is 12.4 Å². The Bertz CT molecular complexity index is 366. The summed E-state index contributed by atoms with van der Waals surface area (Å²) in [5.74, 6) is 3.04. The summed E-state index contributed by atoms with van der Waals surface area (Å²) >= 11 is 0. The van der Waals surface area contributed by atoms with E-state index < -0.39 is 0 Å². The average molecular weight is 331 g/mol. The van der Waals surface area contributed by atoms with E-state index in [1.54, 1.807) is 7.11 Å². The molecule has 3 fully saturated rings. The molecule has 0 aromatic carbocycles. The van der Waals surface area contributed by atoms with Crippen LogP contribution in [0.2, 0.25) is 0 Å². The number of rotatable bonds is 6. The number of halogens is 1. The molecule has 0 spiro atoms. The van der Waals surface area contributed by atoms with E-state index in [4.69, 9.17) is 4.74 Å². The Morgan fingerprint density at radius 3 is 2.64 bits per heavy atom. The normalized spacial score (nSPS) is 32.5. The Balaban J connectivity index is 0.00000176. The zero-order valence-corrected chi connectivity index (χ0v) is 14.6. The van der Waals surface area contributed by atoms with Crippen molar-refractivity contribution >= 4 is 18.3 Å². The number of hydrogen-bond acceptors (Lipinski definition) is 3. The molecule has 22 heavy (non-hydrogen) atoms. The predicted octanol–water partition coefficient (Wildman–Crippen LogP) is 2.37. The fourth-order valence-electron chi connectivity index (χ4n) is 4.91. The highest BCUT2D eigenvalue weighted by Crippen LogP contribution is 2.49. The number of fused-ring (bicyclic) bond motifs is 2. The van der Waals surface area contributed by atoms with Crippen molar-refractivity contribution in [3.05, 3.63) is 0 Å². The quantitative estimate of drug-likeness (QED) is 0.786. The molecule has 0 aromatic heterocycles. The zero-order chi connectivity index (χ0) is 14.7. The van der Waals surface area contributed by atoms with E-state index >= 15 is 0 Å². The third-order valence-electron chi connectivity index (χ3n) is 6.15. The second kappa shape index (κ2) is 7.98. The Hall–Kier alpha value is -0.320. The first-order valence-electron chi connectivity index (χ1n) is 8.71. The number of nitrogens with one attached hydrogen (secondary N) is 2. The highest BCUT2D eigenvalue weighted by atomic mass is 35.5. The van der Waals surface area contributed by atoms with Gasteiger partial charge in [0.05, 0.1) is 12.0 Å². The average Bonchev–Trinajstić information content (AvgIpc) is 3.11. The number of carbonyl (C=O) groups excluding carboxylic acids is 1. The van der Waals surface area contributed by atoms with Gasteiger partial charge < -0.3 is 15.4 Å². The van der Waals surface area contributed by atoms with Crippen molar-refractivity contribution in [2.75, 3.05) is 33.4 Å². The highest BCUT2D eigenvalue weighted by molar-refractivity contribution is 5.85. The maximum Gasteiger partial charge on any atom is 0.228 e. The first-order chi connectivity index (χ1) is 10.2. The Kier molecular flexibility index (Phi) is 6.54. The van der Waals surface area contributed by atoms with Gasteiger partial charge in [-0.05, 0) is 69.4 Å². The van der Waals surface area contributed by atoms with E-state index in [9.17, 15) is 4.79 Å². The first kappa shape index (κ1) is 18.0. The molecule has 1 heterocycles. The van der Waals surface area contributed by atoms with Gasteiger partial charge in [-0.2, -0.15) is 0 Å². The maximum atomic E-state index is 12.6. The highest BCUT2D eigenvalue weighted by Gasteiger charge is 2.41. The molecular formula is C17H31ClN2O2. The van der Waals surface area contributed by atoms with Crippen LogP contribution in [-0.2, 0) is 9.53 Å². The number of ether oxygens (including phenoxy) is 1. The van der Waals surface area contributed by atoms with Crippen LogP contribution in [0.15, 0.2) is 0 Å². The van der Waals surface area contributed by atoms with Crippen LogP contribution in [0.5, 0.6) is 0 Å². The summed E-state index contributed by atoms with van der Waals surface area (Å²) in [6, 6.07) is 0. The molecule has 1 aliphatic heterocycles. The van der Waals surface area contributed by atoms with Crippen molar-refractivity contribution < 1.29 is 9.53 Å². The number of hydrogen-bond donors (Lipinski definition) is 2. The van der Waals surface area contributed by atoms with Crippen LogP contribution in [0.3, 0.4) is 0 Å². The molecule has 2 bridgehead atoms. The number of carbonyl (C=O) groups is 1. The Labute approximate surface area is 140 Å². The standard InChI is InChI=1S/C17H30N2O2.ClH/c1-21-12-17(5-8-18-9-6-17)16(20)19-7-4-15-11-13-2-3-14(15)10-13;/h13-15,18H,2-12H2,1H3,(H,19,20);1H. The molecule has 2 aliphatic carbocycles. The fourth-order valence-corrected chi connectivity index (χ4v) is 4.91. The van der Waals surface area contributed by atoms with Gasteiger partial charge in [0, 0.05) is 13.7 Å². The lowest BCUT2D eigenvalue weighted by Gasteiger charge is -2.35. The second-order valence-corrected chi connectivity index (χ2v) is 7.44. The van der Waals surface area contributed by atoms with Crippen molar-refractivity contribution in [3.63, 3.8) is 0 Å². The Morgan fingerprint density at radius 1 is 1.27 bits per heavy atom. The monoisotopic (exact) mass is 330 g/mol. The minimum absolute atomic E-state index is 0. The van der Waals surface area contributed by atoms with E-state index in [-0.39, 0.29) is 23.7 Å². The molecule has 1 amide bonds. The van der Waals surface area contributed by atoms with E-state index in [0.29, 0.717) is 6.61 Å². The van der Waals surface area contributed by atoms with Crippen molar-refractivity contribution in [2.45, 2.75) is 44.9 Å². The van der Waals surface area contributed by atoms with Crippen LogP contribution in [-0.4, -0.2) is 39.3 Å². The van der Waals surface area contributed by atoms with Crippen molar-refractivity contribution in [3.8, 4) is 0 Å². The van der Waals surface area contributed by atoms with Gasteiger partial charge in [-0.15, -0.1) is 12.4 Å². The van der Waals surface area contributed by atoms with Crippen LogP contribution in [0.4, 0.5) is 0 Å². The lowest BCUT2D eigenvalue weighted by atomic mass is 9.78. The summed E-state index contributed by atoms with van der Waals surface area (Å²) in [5.41, 5.74) is -0.297. The topological polar surface area (TPSA) is 50.4 Å². The van der Waals surface area contributed by atoms with Gasteiger partial charge in [0.15, 0.2) is 0 Å². The summed E-state index contributed by atoms with van der Waals surface area (Å²) in [4.78, 5) is 12.6. The molecule has 0 aromatic rings. The van der Waals surface area contributed by atoms with Gasteiger partial charge in [0.2, 0.25) is 5.91 Å². The van der Waals surface area contributed by atoms with E-state index in [0.717, 1.165) is 50.2 Å². The number of amides is 1. The summed E-state index contributed by atoms with van der Waals surface area (Å²) in [5, 5.41) is 6.55. The zero-order valence-electron chi connectivity index (χ0n) is 13.7. The number of piperidine rings is 1. The van der Waals surface area contributed by atoms with Crippen molar-refractivity contribution in [1.82, 2.24) is 10.6 Å². The lowest BCUT2D eigenvalue weighted by molar-refractivity contribution is -0.136. The molecule has 2 N–H and O–H groups in total. The minimum Gasteiger partial charge on any atom is -0.384 e. The SMILES string of the molecule is COCC1(C(=O)NCCC2CC3CCC2C3)CCNCC1.Cl. The van der Waals surface area contributed by atoms with Crippen LogP contribution in [0.1, 0.15) is 44.9 Å². The molecule has 3 rings (SSSR count). The lowest BCUT2D eigenvalue weighted by Crippen LogP contribution is -2.50.